The third-order valence-corrected chi connectivity index (χ3v) is 6.26. The van der Waals surface area contributed by atoms with Gasteiger partial charge in [0.15, 0.2) is 5.69 Å². The SMILES string of the molecule is CN(C(=O)c1cnccn1)c1cn(C(c2ccccc2)(c2ccccc2)c2ccccc2)nc1C(=O)O. The summed E-state index contributed by atoms with van der Waals surface area (Å²) in [7, 11) is 1.50. The molecule has 0 aliphatic heterocycles. The van der Waals surface area contributed by atoms with Crippen LogP contribution in [-0.4, -0.2) is 43.8 Å². The molecule has 0 radical (unpaired) electrons. The van der Waals surface area contributed by atoms with Gasteiger partial charge in [-0.1, -0.05) is 91.0 Å². The zero-order valence-electron chi connectivity index (χ0n) is 20.0. The molecule has 0 spiro atoms. The fourth-order valence-corrected chi connectivity index (χ4v) is 4.56. The minimum Gasteiger partial charge on any atom is -0.476 e. The number of benzene rings is 3. The van der Waals surface area contributed by atoms with Gasteiger partial charge in [-0.25, -0.2) is 9.78 Å². The Kier molecular flexibility index (Phi) is 6.30. The van der Waals surface area contributed by atoms with Crippen molar-refractivity contribution in [1.82, 2.24) is 19.7 Å². The number of carbonyl (C=O) groups is 2. The van der Waals surface area contributed by atoms with Crippen molar-refractivity contribution in [3.05, 3.63) is 144 Å². The number of aromatic carboxylic acids is 1. The third kappa shape index (κ3) is 4.14. The smallest absolute Gasteiger partial charge is 0.358 e. The highest BCUT2D eigenvalue weighted by Gasteiger charge is 2.41. The van der Waals surface area contributed by atoms with E-state index in [4.69, 9.17) is 0 Å². The van der Waals surface area contributed by atoms with Crippen LogP contribution in [0.15, 0.2) is 116 Å². The number of aromatic nitrogens is 4. The van der Waals surface area contributed by atoms with Crippen LogP contribution in [0.2, 0.25) is 0 Å². The fourth-order valence-electron chi connectivity index (χ4n) is 4.56. The van der Waals surface area contributed by atoms with Gasteiger partial charge in [-0.2, -0.15) is 5.10 Å². The molecule has 0 aliphatic carbocycles. The number of carboxylic acids is 1. The van der Waals surface area contributed by atoms with Crippen molar-refractivity contribution in [1.29, 1.82) is 0 Å². The molecule has 8 heteroatoms. The maximum atomic E-state index is 13.2. The van der Waals surface area contributed by atoms with Gasteiger partial charge in [-0.3, -0.25) is 14.5 Å². The molecule has 1 N–H and O–H groups in total. The van der Waals surface area contributed by atoms with Gasteiger partial charge >= 0.3 is 5.97 Å². The van der Waals surface area contributed by atoms with Gasteiger partial charge in [0.2, 0.25) is 0 Å². The van der Waals surface area contributed by atoms with Crippen LogP contribution in [0.25, 0.3) is 0 Å². The highest BCUT2D eigenvalue weighted by molar-refractivity contribution is 6.07. The molecule has 0 saturated heterocycles. The number of nitrogens with zero attached hydrogens (tertiary/aromatic N) is 5. The van der Waals surface area contributed by atoms with E-state index in [-0.39, 0.29) is 17.1 Å². The van der Waals surface area contributed by atoms with Gasteiger partial charge < -0.3 is 10.0 Å². The van der Waals surface area contributed by atoms with E-state index in [9.17, 15) is 14.7 Å². The van der Waals surface area contributed by atoms with E-state index < -0.39 is 17.4 Å². The summed E-state index contributed by atoms with van der Waals surface area (Å²) in [5, 5.41) is 14.7. The predicted molar refractivity (Wildman–Crippen MR) is 139 cm³/mol. The van der Waals surface area contributed by atoms with Crippen LogP contribution in [0.1, 0.15) is 37.7 Å². The summed E-state index contributed by atoms with van der Waals surface area (Å²) in [6.45, 7) is 0. The van der Waals surface area contributed by atoms with Gasteiger partial charge in [-0.15, -0.1) is 0 Å². The molecule has 0 atom stereocenters. The maximum Gasteiger partial charge on any atom is 0.358 e. The van der Waals surface area contributed by atoms with E-state index in [1.165, 1.54) is 30.5 Å². The van der Waals surface area contributed by atoms with Crippen molar-refractivity contribution in [3.8, 4) is 0 Å². The van der Waals surface area contributed by atoms with Crippen LogP contribution >= 0.6 is 0 Å². The third-order valence-electron chi connectivity index (χ3n) is 6.26. The minimum atomic E-state index is -1.25. The first kappa shape index (κ1) is 23.6. The average Bonchev–Trinajstić information content (AvgIpc) is 3.41. The number of hydrogen-bond donors (Lipinski definition) is 1. The molecular weight excluding hydrogens is 466 g/mol. The van der Waals surface area contributed by atoms with E-state index in [1.807, 2.05) is 91.0 Å². The van der Waals surface area contributed by atoms with E-state index in [0.717, 1.165) is 16.7 Å². The van der Waals surface area contributed by atoms with Crippen molar-refractivity contribution in [3.63, 3.8) is 0 Å². The highest BCUT2D eigenvalue weighted by Crippen LogP contribution is 2.41. The van der Waals surface area contributed by atoms with Crippen LogP contribution in [0, 0.1) is 0 Å². The summed E-state index contributed by atoms with van der Waals surface area (Å²) in [6, 6.07) is 29.3. The summed E-state index contributed by atoms with van der Waals surface area (Å²) >= 11 is 0. The van der Waals surface area contributed by atoms with Crippen molar-refractivity contribution in [2.45, 2.75) is 5.54 Å². The molecule has 5 rings (SSSR count). The quantitative estimate of drug-likeness (QED) is 0.338. The Labute approximate surface area is 213 Å². The lowest BCUT2D eigenvalue weighted by Gasteiger charge is -2.36. The van der Waals surface area contributed by atoms with Crippen molar-refractivity contribution in [2.24, 2.45) is 0 Å². The Morgan fingerprint density at radius 3 is 1.76 bits per heavy atom. The monoisotopic (exact) mass is 489 g/mol. The topological polar surface area (TPSA) is 101 Å². The molecule has 5 aromatic rings. The lowest BCUT2D eigenvalue weighted by Crippen LogP contribution is -2.38. The summed E-state index contributed by atoms with van der Waals surface area (Å²) in [5.41, 5.74) is 1.57. The molecular formula is C29H23N5O3. The highest BCUT2D eigenvalue weighted by atomic mass is 16.4. The Morgan fingerprint density at radius 1 is 0.811 bits per heavy atom. The molecule has 0 bridgehead atoms. The van der Waals surface area contributed by atoms with Crippen molar-refractivity contribution >= 4 is 17.6 Å². The molecule has 0 fully saturated rings. The van der Waals surface area contributed by atoms with Crippen molar-refractivity contribution < 1.29 is 14.7 Å². The zero-order chi connectivity index (χ0) is 25.8. The fraction of sp³-hybridized carbons (Fsp3) is 0.0690. The van der Waals surface area contributed by atoms with Gasteiger partial charge in [0.25, 0.3) is 5.91 Å². The molecule has 0 aliphatic rings. The minimum absolute atomic E-state index is 0.0922. The molecule has 182 valence electrons. The largest absolute Gasteiger partial charge is 0.476 e. The van der Waals surface area contributed by atoms with E-state index in [1.54, 1.807) is 10.9 Å². The number of rotatable bonds is 7. The normalized spacial score (nSPS) is 11.2. The number of hydrogen-bond acceptors (Lipinski definition) is 5. The van der Waals surface area contributed by atoms with Crippen molar-refractivity contribution in [2.75, 3.05) is 11.9 Å². The molecule has 0 saturated carbocycles. The molecule has 2 aromatic heterocycles. The number of amides is 1. The first-order chi connectivity index (χ1) is 18.0. The Balaban J connectivity index is 1.80. The van der Waals surface area contributed by atoms with Crippen LogP contribution in [0.4, 0.5) is 5.69 Å². The number of carbonyl (C=O) groups excluding carboxylic acids is 1. The standard InChI is InChI=1S/C29H23N5O3/c1-33(27(35)24-19-30-17-18-31-24)25-20-34(32-26(25)28(36)37)29(21-11-5-2-6-12-21,22-13-7-3-8-14-22)23-15-9-4-10-16-23/h2-20H,1H3,(H,36,37). The second kappa shape index (κ2) is 9.87. The molecule has 8 nitrogen and oxygen atoms in total. The first-order valence-electron chi connectivity index (χ1n) is 11.6. The van der Waals surface area contributed by atoms with Crippen LogP contribution in [0.5, 0.6) is 0 Å². The molecule has 37 heavy (non-hydrogen) atoms. The Morgan fingerprint density at radius 2 is 1.32 bits per heavy atom. The van der Waals surface area contributed by atoms with Gasteiger partial charge in [0.1, 0.15) is 11.2 Å². The van der Waals surface area contributed by atoms with E-state index in [0.29, 0.717) is 0 Å². The van der Waals surface area contributed by atoms with Gasteiger partial charge in [0.05, 0.1) is 18.1 Å². The molecule has 0 unspecified atom stereocenters. The lowest BCUT2D eigenvalue weighted by molar-refractivity contribution is 0.0689. The van der Waals surface area contributed by atoms with Gasteiger partial charge in [-0.05, 0) is 16.7 Å². The molecule has 3 aromatic carbocycles. The Bertz CT molecular complexity index is 1420. The number of anilines is 1. The maximum absolute atomic E-state index is 13.2. The molecule has 1 amide bonds. The summed E-state index contributed by atoms with van der Waals surface area (Å²) in [6.07, 6.45) is 5.82. The molecule has 2 heterocycles. The summed E-state index contributed by atoms with van der Waals surface area (Å²) < 4.78 is 1.63. The van der Waals surface area contributed by atoms with Crippen LogP contribution < -0.4 is 4.90 Å². The zero-order valence-corrected chi connectivity index (χ0v) is 20.0. The van der Waals surface area contributed by atoms with Gasteiger partial charge in [0, 0.05) is 19.4 Å². The average molecular weight is 490 g/mol. The lowest BCUT2D eigenvalue weighted by atomic mass is 9.77. The first-order valence-corrected chi connectivity index (χ1v) is 11.6. The predicted octanol–water partition coefficient (Wildman–Crippen LogP) is 4.49. The summed E-state index contributed by atoms with van der Waals surface area (Å²) in [4.78, 5) is 34.8. The second-order valence-electron chi connectivity index (χ2n) is 8.38. The number of carboxylic acid groups (broad SMARTS) is 1. The Hall–Kier alpha value is -5.11. The van der Waals surface area contributed by atoms with E-state index >= 15 is 0 Å². The van der Waals surface area contributed by atoms with Crippen LogP contribution in [-0.2, 0) is 5.54 Å². The van der Waals surface area contributed by atoms with Crippen LogP contribution in [0.3, 0.4) is 0 Å². The van der Waals surface area contributed by atoms with E-state index in [2.05, 4.69) is 15.1 Å². The summed E-state index contributed by atoms with van der Waals surface area (Å²) in [5.74, 6) is -1.75. The second-order valence-corrected chi connectivity index (χ2v) is 8.38.